The van der Waals surface area contributed by atoms with Crippen LogP contribution in [0.25, 0.3) is 0 Å². The van der Waals surface area contributed by atoms with Crippen LogP contribution in [0.5, 0.6) is 0 Å². The van der Waals surface area contributed by atoms with Crippen LogP contribution in [0.15, 0.2) is 28.1 Å². The maximum atomic E-state index is 13.0. The van der Waals surface area contributed by atoms with Crippen LogP contribution in [0.1, 0.15) is 20.3 Å². The number of allylic oxidation sites excluding steroid dienone is 4. The fraction of sp³-hybridized carbons (Fsp3) is 0.417. The van der Waals surface area contributed by atoms with Gasteiger partial charge in [0.15, 0.2) is 0 Å². The topological polar surface area (TPSA) is 91.0 Å². The summed E-state index contributed by atoms with van der Waals surface area (Å²) < 4.78 is 23.7. The normalized spacial score (nSPS) is 15.9. The molecule has 0 unspecified atom stereocenters. The molecule has 1 aliphatic rings. The number of ketones is 1. The molecule has 0 saturated carbocycles. The predicted octanol–water partition coefficient (Wildman–Crippen LogP) is 3.48. The van der Waals surface area contributed by atoms with Gasteiger partial charge in [-0.15, -0.1) is 0 Å². The van der Waals surface area contributed by atoms with Crippen molar-refractivity contribution in [2.24, 2.45) is 10.9 Å². The van der Waals surface area contributed by atoms with Gasteiger partial charge in [-0.05, 0) is 12.8 Å². The Morgan fingerprint density at radius 2 is 2.05 bits per heavy atom. The van der Waals surface area contributed by atoms with E-state index in [-0.39, 0.29) is 10.9 Å². The minimum absolute atomic E-state index is 0.237. The second-order valence-electron chi connectivity index (χ2n) is 3.74. The lowest BCUT2D eigenvalue weighted by molar-refractivity contribution is -0.109. The fourth-order valence-corrected chi connectivity index (χ4v) is 5.20. The van der Waals surface area contributed by atoms with Crippen molar-refractivity contribution in [3.05, 3.63) is 29.5 Å². The first-order valence-electron chi connectivity index (χ1n) is 6.33. The van der Waals surface area contributed by atoms with Crippen molar-refractivity contribution in [1.29, 1.82) is 0 Å². The van der Waals surface area contributed by atoms with E-state index in [2.05, 4.69) is 5.10 Å². The van der Waals surface area contributed by atoms with E-state index in [1.807, 2.05) is 13.8 Å². The van der Waals surface area contributed by atoms with E-state index in [4.69, 9.17) is 13.8 Å². The molecule has 0 atom stereocenters. The molecule has 1 rings (SSSR count). The molecule has 0 fully saturated rings. The lowest BCUT2D eigenvalue weighted by atomic mass is 10.0. The molecule has 117 valence electrons. The summed E-state index contributed by atoms with van der Waals surface area (Å²) in [6, 6.07) is 0. The van der Waals surface area contributed by atoms with E-state index in [0.717, 1.165) is 30.3 Å². The number of nitrogens with two attached hydrogens (primary N) is 1. The number of hydrazone groups is 1. The number of nitrogens with zero attached hydrogens (tertiary/aromatic N) is 1. The highest BCUT2D eigenvalue weighted by molar-refractivity contribution is 8.02. The molecule has 2 N–H and O–H groups in total. The van der Waals surface area contributed by atoms with Gasteiger partial charge in [0.05, 0.1) is 11.5 Å². The second-order valence-corrected chi connectivity index (χ2v) is 8.04. The molecule has 21 heavy (non-hydrogen) atoms. The Morgan fingerprint density at radius 3 is 2.57 bits per heavy atom. The average molecular weight is 349 g/mol. The molecular formula is C12H18N2O4PS2. The quantitative estimate of drug-likeness (QED) is 0.224. The maximum Gasteiger partial charge on any atom is 0.383 e. The molecule has 0 saturated heterocycles. The zero-order valence-electron chi connectivity index (χ0n) is 11.9. The smallest absolute Gasteiger partial charge is 0.323 e. The van der Waals surface area contributed by atoms with E-state index < -0.39 is 13.4 Å². The molecule has 0 aromatic carbocycles. The van der Waals surface area contributed by atoms with Crippen LogP contribution in [0.3, 0.4) is 0 Å². The van der Waals surface area contributed by atoms with Gasteiger partial charge in [0, 0.05) is 41.2 Å². The highest BCUT2D eigenvalue weighted by Gasteiger charge is 2.35. The monoisotopic (exact) mass is 349 g/mol. The molecule has 1 radical (unpaired) electrons. The third-order valence-corrected chi connectivity index (χ3v) is 6.16. The van der Waals surface area contributed by atoms with Crippen LogP contribution in [0.2, 0.25) is 0 Å². The Balaban J connectivity index is 3.19. The number of hydrogen-bond acceptors (Lipinski definition) is 8. The SMILES string of the molecule is CCSOP(=O)(OSCC)C1=C(C(=O)C=NN)[CH]CC=C1. The van der Waals surface area contributed by atoms with Crippen molar-refractivity contribution in [2.45, 2.75) is 20.3 Å². The number of rotatable bonds is 9. The van der Waals surface area contributed by atoms with Crippen molar-refractivity contribution in [1.82, 2.24) is 0 Å². The molecule has 1 aliphatic carbocycles. The van der Waals surface area contributed by atoms with E-state index in [0.29, 0.717) is 17.9 Å². The molecule has 0 aromatic rings. The van der Waals surface area contributed by atoms with Gasteiger partial charge < -0.3 is 5.84 Å². The lowest BCUT2D eigenvalue weighted by Gasteiger charge is -2.21. The van der Waals surface area contributed by atoms with Gasteiger partial charge >= 0.3 is 7.60 Å². The largest absolute Gasteiger partial charge is 0.383 e. The van der Waals surface area contributed by atoms with Gasteiger partial charge in [0.25, 0.3) is 0 Å². The molecule has 0 aliphatic heterocycles. The van der Waals surface area contributed by atoms with E-state index in [1.54, 1.807) is 18.6 Å². The molecule has 0 spiro atoms. The van der Waals surface area contributed by atoms with Crippen molar-refractivity contribution < 1.29 is 17.3 Å². The minimum Gasteiger partial charge on any atom is -0.323 e. The number of hydrogen-bond donors (Lipinski definition) is 1. The Hall–Kier alpha value is -0.530. The van der Waals surface area contributed by atoms with Gasteiger partial charge in [0.1, 0.15) is 0 Å². The van der Waals surface area contributed by atoms with Gasteiger partial charge in [-0.2, -0.15) is 5.10 Å². The molecule has 0 amide bonds. The summed E-state index contributed by atoms with van der Waals surface area (Å²) in [4.78, 5) is 12.0. The lowest BCUT2D eigenvalue weighted by Crippen LogP contribution is -2.11. The Labute approximate surface area is 133 Å². The molecule has 9 heteroatoms. The summed E-state index contributed by atoms with van der Waals surface area (Å²) >= 11 is 2.07. The number of carbonyl (C=O) groups is 1. The van der Waals surface area contributed by atoms with Gasteiger partial charge in [-0.1, -0.05) is 26.0 Å². The molecular weight excluding hydrogens is 331 g/mol. The third kappa shape index (κ3) is 5.30. The van der Waals surface area contributed by atoms with Gasteiger partial charge in [0.2, 0.25) is 5.78 Å². The number of Topliss-reactive ketones (excluding diaryl/α,β-unsaturated/α-hetero) is 1. The van der Waals surface area contributed by atoms with Crippen molar-refractivity contribution >= 4 is 43.7 Å². The fourth-order valence-electron chi connectivity index (χ4n) is 1.50. The summed E-state index contributed by atoms with van der Waals surface area (Å²) in [5.41, 5.74) is 0.253. The summed E-state index contributed by atoms with van der Waals surface area (Å²) in [5.74, 6) is 5.80. The molecule has 0 heterocycles. The Bertz CT molecular complexity index is 493. The summed E-state index contributed by atoms with van der Waals surface area (Å²) in [7, 11) is -3.60. The van der Waals surface area contributed by atoms with Crippen LogP contribution in [-0.2, 0) is 17.3 Å². The van der Waals surface area contributed by atoms with Crippen LogP contribution < -0.4 is 5.84 Å². The highest BCUT2D eigenvalue weighted by Crippen LogP contribution is 2.63. The number of carbonyl (C=O) groups excluding carboxylic acids is 1. The third-order valence-electron chi connectivity index (χ3n) is 2.30. The summed E-state index contributed by atoms with van der Waals surface area (Å²) in [5, 5.41) is 3.45. The average Bonchev–Trinajstić information content (AvgIpc) is 2.51. The standard InChI is InChI=1S/C12H18N2O4PS2/c1-3-20-17-19(16,18-21-4-2)12-8-6-5-7-10(12)11(15)9-14-13/h6-9H,3-5,13H2,1-2H3. The molecule has 0 bridgehead atoms. The molecule has 0 aromatic heterocycles. The van der Waals surface area contributed by atoms with E-state index >= 15 is 0 Å². The Morgan fingerprint density at radius 1 is 1.43 bits per heavy atom. The van der Waals surface area contributed by atoms with E-state index in [9.17, 15) is 9.36 Å². The maximum absolute atomic E-state index is 13.0. The first-order valence-corrected chi connectivity index (χ1v) is 9.70. The van der Waals surface area contributed by atoms with Crippen LogP contribution in [-0.4, -0.2) is 23.5 Å². The zero-order chi connectivity index (χ0) is 15.7. The van der Waals surface area contributed by atoms with Gasteiger partial charge in [-0.25, -0.2) is 7.94 Å². The highest BCUT2D eigenvalue weighted by atomic mass is 32.2. The van der Waals surface area contributed by atoms with E-state index in [1.165, 1.54) is 0 Å². The van der Waals surface area contributed by atoms with Crippen molar-refractivity contribution in [3.8, 4) is 0 Å². The first-order chi connectivity index (χ1) is 10.1. The first kappa shape index (κ1) is 18.5. The van der Waals surface area contributed by atoms with Crippen molar-refractivity contribution in [2.75, 3.05) is 11.5 Å². The summed E-state index contributed by atoms with van der Waals surface area (Å²) in [6.45, 7) is 3.73. The Kier molecular flexibility index (Phi) is 8.36. The van der Waals surface area contributed by atoms with Gasteiger partial charge in [-0.3, -0.25) is 9.36 Å². The summed E-state index contributed by atoms with van der Waals surface area (Å²) in [6.07, 6.45) is 6.59. The predicted molar refractivity (Wildman–Crippen MR) is 88.8 cm³/mol. The zero-order valence-corrected chi connectivity index (χ0v) is 14.4. The molecule has 6 nitrogen and oxygen atoms in total. The van der Waals surface area contributed by atoms with Crippen molar-refractivity contribution in [3.63, 3.8) is 0 Å². The van der Waals surface area contributed by atoms with Crippen LogP contribution in [0.4, 0.5) is 0 Å². The minimum atomic E-state index is -3.60. The second kappa shape index (κ2) is 9.48. The van der Waals surface area contributed by atoms with Crippen LogP contribution in [0, 0.1) is 6.42 Å². The van der Waals surface area contributed by atoms with Crippen LogP contribution >= 0.6 is 31.7 Å².